The number of aromatic nitrogens is 4. The maximum atomic E-state index is 6.09. The van der Waals surface area contributed by atoms with Crippen molar-refractivity contribution in [1.82, 2.24) is 19.6 Å². The van der Waals surface area contributed by atoms with Crippen molar-refractivity contribution < 1.29 is 0 Å². The summed E-state index contributed by atoms with van der Waals surface area (Å²) in [5.74, 6) is 0.722. The van der Waals surface area contributed by atoms with E-state index in [1.807, 2.05) is 10.6 Å². The van der Waals surface area contributed by atoms with Crippen molar-refractivity contribution in [2.24, 2.45) is 11.1 Å². The minimum Gasteiger partial charge on any atom is -0.365 e. The summed E-state index contributed by atoms with van der Waals surface area (Å²) in [4.78, 5) is 4.26. The van der Waals surface area contributed by atoms with E-state index in [2.05, 4.69) is 41.3 Å². The van der Waals surface area contributed by atoms with Crippen LogP contribution in [0.15, 0.2) is 18.7 Å². The van der Waals surface area contributed by atoms with E-state index in [9.17, 15) is 0 Å². The lowest BCUT2D eigenvalue weighted by Gasteiger charge is -2.23. The van der Waals surface area contributed by atoms with Gasteiger partial charge in [-0.05, 0) is 11.8 Å². The average molecular weight is 248 g/mol. The van der Waals surface area contributed by atoms with Crippen molar-refractivity contribution in [3.8, 4) is 0 Å². The lowest BCUT2D eigenvalue weighted by atomic mass is 9.88. The molecule has 2 heterocycles. The third kappa shape index (κ3) is 3.16. The summed E-state index contributed by atoms with van der Waals surface area (Å²) >= 11 is 0. The first-order valence-corrected chi connectivity index (χ1v) is 6.09. The lowest BCUT2D eigenvalue weighted by Crippen LogP contribution is -2.33. The molecule has 0 aliphatic carbocycles. The molecule has 0 aliphatic heterocycles. The van der Waals surface area contributed by atoms with Gasteiger partial charge in [0.1, 0.15) is 6.33 Å². The SMILES string of the molecule is CC(C)(C)CC(N)CNc1nccn2cnnc12. The zero-order chi connectivity index (χ0) is 13.2. The summed E-state index contributed by atoms with van der Waals surface area (Å²) in [7, 11) is 0. The summed E-state index contributed by atoms with van der Waals surface area (Å²) in [5.41, 5.74) is 7.05. The number of rotatable bonds is 4. The number of fused-ring (bicyclic) bond motifs is 1. The molecule has 0 fully saturated rings. The number of anilines is 1. The van der Waals surface area contributed by atoms with Crippen molar-refractivity contribution in [2.75, 3.05) is 11.9 Å². The molecule has 0 amide bonds. The van der Waals surface area contributed by atoms with Gasteiger partial charge in [-0.2, -0.15) is 0 Å². The van der Waals surface area contributed by atoms with Crippen LogP contribution < -0.4 is 11.1 Å². The van der Waals surface area contributed by atoms with Crippen LogP contribution in [0, 0.1) is 5.41 Å². The second kappa shape index (κ2) is 4.89. The van der Waals surface area contributed by atoms with Crippen LogP contribution >= 0.6 is 0 Å². The predicted molar refractivity (Wildman–Crippen MR) is 71.3 cm³/mol. The Labute approximate surface area is 107 Å². The Balaban J connectivity index is 2.00. The van der Waals surface area contributed by atoms with Crippen LogP contribution in [-0.2, 0) is 0 Å². The van der Waals surface area contributed by atoms with Crippen LogP contribution in [0.5, 0.6) is 0 Å². The van der Waals surface area contributed by atoms with E-state index in [1.54, 1.807) is 12.5 Å². The topological polar surface area (TPSA) is 81.1 Å². The minimum atomic E-state index is 0.0926. The Hall–Kier alpha value is -1.69. The fourth-order valence-electron chi connectivity index (χ4n) is 1.97. The summed E-state index contributed by atoms with van der Waals surface area (Å²) in [6, 6.07) is 0.0926. The van der Waals surface area contributed by atoms with Crippen LogP contribution in [-0.4, -0.2) is 32.2 Å². The van der Waals surface area contributed by atoms with Crippen LogP contribution in [0.25, 0.3) is 5.65 Å². The summed E-state index contributed by atoms with van der Waals surface area (Å²) in [5, 5.41) is 11.1. The maximum absolute atomic E-state index is 6.09. The highest BCUT2D eigenvalue weighted by Crippen LogP contribution is 2.20. The molecule has 2 aromatic heterocycles. The van der Waals surface area contributed by atoms with Gasteiger partial charge in [0.2, 0.25) is 5.65 Å². The molecule has 1 atom stereocenters. The second-order valence-electron chi connectivity index (χ2n) is 5.74. The Bertz CT molecular complexity index is 513. The number of hydrogen-bond donors (Lipinski definition) is 2. The molecule has 0 saturated carbocycles. The van der Waals surface area contributed by atoms with Gasteiger partial charge in [0, 0.05) is 25.0 Å². The van der Waals surface area contributed by atoms with Gasteiger partial charge in [-0.1, -0.05) is 20.8 Å². The molecule has 0 bridgehead atoms. The maximum Gasteiger partial charge on any atom is 0.203 e. The molecule has 6 nitrogen and oxygen atoms in total. The molecule has 18 heavy (non-hydrogen) atoms. The van der Waals surface area contributed by atoms with Gasteiger partial charge in [0.25, 0.3) is 0 Å². The molecule has 1 unspecified atom stereocenters. The lowest BCUT2D eigenvalue weighted by molar-refractivity contribution is 0.344. The summed E-state index contributed by atoms with van der Waals surface area (Å²) in [6.07, 6.45) is 6.14. The number of nitrogens with zero attached hydrogens (tertiary/aromatic N) is 4. The van der Waals surface area contributed by atoms with Gasteiger partial charge in [-0.3, -0.25) is 4.40 Å². The number of nitrogens with two attached hydrogens (primary N) is 1. The predicted octanol–water partition coefficient (Wildman–Crippen LogP) is 1.30. The van der Waals surface area contributed by atoms with Crippen molar-refractivity contribution in [3.63, 3.8) is 0 Å². The third-order valence-corrected chi connectivity index (χ3v) is 2.62. The molecular formula is C12H20N6. The molecule has 6 heteroatoms. The van der Waals surface area contributed by atoms with Crippen LogP contribution in [0.2, 0.25) is 0 Å². The zero-order valence-corrected chi connectivity index (χ0v) is 11.1. The molecule has 2 rings (SSSR count). The normalized spacial score (nSPS) is 13.8. The van der Waals surface area contributed by atoms with E-state index in [0.717, 1.165) is 17.9 Å². The highest BCUT2D eigenvalue weighted by Gasteiger charge is 2.16. The Morgan fingerprint density at radius 2 is 2.22 bits per heavy atom. The van der Waals surface area contributed by atoms with E-state index in [-0.39, 0.29) is 11.5 Å². The van der Waals surface area contributed by atoms with E-state index in [1.165, 1.54) is 0 Å². The molecule has 2 aromatic rings. The van der Waals surface area contributed by atoms with Gasteiger partial charge in [-0.15, -0.1) is 10.2 Å². The van der Waals surface area contributed by atoms with Crippen LogP contribution in [0.4, 0.5) is 5.82 Å². The van der Waals surface area contributed by atoms with E-state index < -0.39 is 0 Å². The quantitative estimate of drug-likeness (QED) is 0.852. The summed E-state index contributed by atoms with van der Waals surface area (Å²) in [6.45, 7) is 7.23. The molecule has 0 radical (unpaired) electrons. The van der Waals surface area contributed by atoms with Gasteiger partial charge in [-0.25, -0.2) is 4.98 Å². The Kier molecular flexibility index (Phi) is 3.47. The molecule has 0 saturated heterocycles. The molecule has 0 spiro atoms. The molecule has 3 N–H and O–H groups in total. The summed E-state index contributed by atoms with van der Waals surface area (Å²) < 4.78 is 1.82. The van der Waals surface area contributed by atoms with Gasteiger partial charge >= 0.3 is 0 Å². The zero-order valence-electron chi connectivity index (χ0n) is 11.1. The molecule has 0 aliphatic rings. The van der Waals surface area contributed by atoms with Gasteiger partial charge < -0.3 is 11.1 Å². The fraction of sp³-hybridized carbons (Fsp3) is 0.583. The molecule has 0 aromatic carbocycles. The van der Waals surface area contributed by atoms with Crippen molar-refractivity contribution >= 4 is 11.5 Å². The highest BCUT2D eigenvalue weighted by atomic mass is 15.2. The highest BCUT2D eigenvalue weighted by molar-refractivity contribution is 5.61. The minimum absolute atomic E-state index is 0.0926. The second-order valence-corrected chi connectivity index (χ2v) is 5.74. The first-order valence-electron chi connectivity index (χ1n) is 6.09. The fourth-order valence-corrected chi connectivity index (χ4v) is 1.97. The van der Waals surface area contributed by atoms with E-state index >= 15 is 0 Å². The monoisotopic (exact) mass is 248 g/mol. The van der Waals surface area contributed by atoms with Crippen molar-refractivity contribution in [3.05, 3.63) is 18.7 Å². The third-order valence-electron chi connectivity index (χ3n) is 2.62. The molecular weight excluding hydrogens is 228 g/mol. The number of nitrogens with one attached hydrogen (secondary N) is 1. The first-order chi connectivity index (χ1) is 8.46. The standard InChI is InChI=1S/C12H20N6/c1-12(2,3)6-9(13)7-15-10-11-17-16-8-18(11)5-4-14-10/h4-5,8-9H,6-7,13H2,1-3H3,(H,14,15). The first kappa shape index (κ1) is 12.8. The average Bonchev–Trinajstić information content (AvgIpc) is 2.72. The smallest absolute Gasteiger partial charge is 0.203 e. The van der Waals surface area contributed by atoms with Gasteiger partial charge in [0.05, 0.1) is 0 Å². The largest absolute Gasteiger partial charge is 0.365 e. The van der Waals surface area contributed by atoms with E-state index in [0.29, 0.717) is 6.54 Å². The Morgan fingerprint density at radius 1 is 1.44 bits per heavy atom. The number of hydrogen-bond acceptors (Lipinski definition) is 5. The van der Waals surface area contributed by atoms with Crippen molar-refractivity contribution in [1.29, 1.82) is 0 Å². The van der Waals surface area contributed by atoms with Crippen LogP contribution in [0.1, 0.15) is 27.2 Å². The Morgan fingerprint density at radius 3 is 2.94 bits per heavy atom. The van der Waals surface area contributed by atoms with Crippen LogP contribution in [0.3, 0.4) is 0 Å². The van der Waals surface area contributed by atoms with Gasteiger partial charge in [0.15, 0.2) is 5.82 Å². The van der Waals surface area contributed by atoms with E-state index in [4.69, 9.17) is 5.73 Å². The molecule has 98 valence electrons. The van der Waals surface area contributed by atoms with Crippen molar-refractivity contribution in [2.45, 2.75) is 33.2 Å².